The van der Waals surface area contributed by atoms with Gasteiger partial charge in [-0.2, -0.15) is 0 Å². The number of benzene rings is 4. The fraction of sp³-hybridized carbons (Fsp3) is 0.297. The first-order valence-corrected chi connectivity index (χ1v) is 17.2. The van der Waals surface area contributed by atoms with E-state index in [4.69, 9.17) is 4.74 Å². The molecule has 5 rings (SSSR count). The van der Waals surface area contributed by atoms with Gasteiger partial charge in [-0.3, -0.25) is 13.9 Å². The largest absolute Gasteiger partial charge is 0.457 e. The van der Waals surface area contributed by atoms with Gasteiger partial charge >= 0.3 is 0 Å². The Bertz CT molecular complexity index is 1690. The van der Waals surface area contributed by atoms with Gasteiger partial charge in [0.15, 0.2) is 0 Å². The van der Waals surface area contributed by atoms with Crippen LogP contribution in [0.4, 0.5) is 5.69 Å². The summed E-state index contributed by atoms with van der Waals surface area (Å²) in [6.07, 6.45) is 4.35. The Morgan fingerprint density at radius 3 is 2.02 bits per heavy atom. The first kappa shape index (κ1) is 32.8. The topological polar surface area (TPSA) is 96.0 Å². The maximum absolute atomic E-state index is 14.3. The van der Waals surface area contributed by atoms with E-state index in [1.165, 1.54) is 17.0 Å². The van der Waals surface area contributed by atoms with Crippen LogP contribution in [0.25, 0.3) is 0 Å². The van der Waals surface area contributed by atoms with Gasteiger partial charge in [0, 0.05) is 12.6 Å². The molecule has 46 heavy (non-hydrogen) atoms. The minimum atomic E-state index is -4.16. The van der Waals surface area contributed by atoms with Gasteiger partial charge in [0.05, 0.1) is 10.6 Å². The molecule has 240 valence electrons. The van der Waals surface area contributed by atoms with Crippen molar-refractivity contribution >= 4 is 27.5 Å². The summed E-state index contributed by atoms with van der Waals surface area (Å²) in [5, 5.41) is 3.15. The van der Waals surface area contributed by atoms with Crippen molar-refractivity contribution in [3.8, 4) is 11.5 Å². The normalized spacial score (nSPS) is 14.0. The Kier molecular flexibility index (Phi) is 10.8. The van der Waals surface area contributed by atoms with Crippen molar-refractivity contribution in [1.29, 1.82) is 0 Å². The number of carbonyl (C=O) groups is 2. The smallest absolute Gasteiger partial charge is 0.264 e. The molecule has 1 saturated carbocycles. The molecule has 4 aromatic rings. The van der Waals surface area contributed by atoms with E-state index in [0.29, 0.717) is 23.6 Å². The number of hydrogen-bond acceptors (Lipinski definition) is 5. The Morgan fingerprint density at radius 2 is 1.41 bits per heavy atom. The minimum Gasteiger partial charge on any atom is -0.457 e. The SMILES string of the molecule is CC[C@@H](C(=O)NC1CCCC1)N(Cc1ccc(C)cc1)C(=O)CN(c1ccc(Oc2ccccc2)cc1)S(=O)(=O)c1ccccc1. The molecule has 0 heterocycles. The zero-order valence-electron chi connectivity index (χ0n) is 26.3. The second-order valence-electron chi connectivity index (χ2n) is 11.7. The zero-order valence-corrected chi connectivity index (χ0v) is 27.2. The summed E-state index contributed by atoms with van der Waals surface area (Å²) in [5.41, 5.74) is 2.23. The van der Waals surface area contributed by atoms with Gasteiger partial charge in [-0.25, -0.2) is 8.42 Å². The summed E-state index contributed by atoms with van der Waals surface area (Å²) >= 11 is 0. The number of aryl methyl sites for hydroxylation is 1. The average molecular weight is 640 g/mol. The van der Waals surface area contributed by atoms with E-state index in [1.54, 1.807) is 42.5 Å². The van der Waals surface area contributed by atoms with Crippen molar-refractivity contribution in [2.75, 3.05) is 10.8 Å². The summed E-state index contributed by atoms with van der Waals surface area (Å²) in [7, 11) is -4.16. The van der Waals surface area contributed by atoms with Gasteiger partial charge in [-0.1, -0.05) is 86.0 Å². The second kappa shape index (κ2) is 15.1. The molecule has 0 spiro atoms. The lowest BCUT2D eigenvalue weighted by atomic mass is 10.1. The molecule has 1 aliphatic carbocycles. The van der Waals surface area contributed by atoms with Crippen LogP contribution in [0.1, 0.15) is 50.2 Å². The minimum absolute atomic E-state index is 0.0588. The van der Waals surface area contributed by atoms with Gasteiger partial charge in [-0.05, 0) is 80.3 Å². The van der Waals surface area contributed by atoms with Crippen molar-refractivity contribution in [3.63, 3.8) is 0 Å². The van der Waals surface area contributed by atoms with Gasteiger partial charge < -0.3 is 15.0 Å². The van der Waals surface area contributed by atoms with E-state index in [-0.39, 0.29) is 23.4 Å². The summed E-state index contributed by atoms with van der Waals surface area (Å²) in [6.45, 7) is 3.53. The van der Waals surface area contributed by atoms with Crippen molar-refractivity contribution < 1.29 is 22.7 Å². The number of anilines is 1. The lowest BCUT2D eigenvalue weighted by Gasteiger charge is -2.33. The highest BCUT2D eigenvalue weighted by atomic mass is 32.2. The number of rotatable bonds is 13. The molecular weight excluding hydrogens is 598 g/mol. The van der Waals surface area contributed by atoms with E-state index in [1.807, 2.05) is 68.4 Å². The molecule has 4 aromatic carbocycles. The Morgan fingerprint density at radius 1 is 0.826 bits per heavy atom. The number of para-hydroxylation sites is 1. The molecule has 9 heteroatoms. The van der Waals surface area contributed by atoms with Crippen LogP contribution < -0.4 is 14.4 Å². The molecule has 1 aliphatic rings. The van der Waals surface area contributed by atoms with Gasteiger partial charge in [-0.15, -0.1) is 0 Å². The summed E-state index contributed by atoms with van der Waals surface area (Å²) < 4.78 is 35.2. The molecule has 8 nitrogen and oxygen atoms in total. The summed E-state index contributed by atoms with van der Waals surface area (Å²) in [4.78, 5) is 29.6. The highest BCUT2D eigenvalue weighted by molar-refractivity contribution is 7.92. The van der Waals surface area contributed by atoms with E-state index in [2.05, 4.69) is 5.32 Å². The molecule has 1 fully saturated rings. The van der Waals surface area contributed by atoms with Crippen LogP contribution in [0.5, 0.6) is 11.5 Å². The zero-order chi connectivity index (χ0) is 32.5. The van der Waals surface area contributed by atoms with E-state index in [0.717, 1.165) is 41.1 Å². The number of sulfonamides is 1. The van der Waals surface area contributed by atoms with Crippen molar-refractivity contribution in [1.82, 2.24) is 10.2 Å². The lowest BCUT2D eigenvalue weighted by molar-refractivity contribution is -0.140. The first-order chi connectivity index (χ1) is 22.2. The molecule has 2 amide bonds. The maximum Gasteiger partial charge on any atom is 0.264 e. The molecule has 0 bridgehead atoms. The number of nitrogens with zero attached hydrogens (tertiary/aromatic N) is 2. The number of nitrogens with one attached hydrogen (secondary N) is 1. The third-order valence-corrected chi connectivity index (χ3v) is 10.1. The summed E-state index contributed by atoms with van der Waals surface area (Å²) in [5.74, 6) is 0.481. The number of carbonyl (C=O) groups excluding carboxylic acids is 2. The van der Waals surface area contributed by atoms with E-state index in [9.17, 15) is 18.0 Å². The van der Waals surface area contributed by atoms with Crippen molar-refractivity contribution in [3.05, 3.63) is 120 Å². The van der Waals surface area contributed by atoms with Gasteiger partial charge in [0.25, 0.3) is 10.0 Å². The van der Waals surface area contributed by atoms with Crippen LogP contribution in [0.15, 0.2) is 114 Å². The first-order valence-electron chi connectivity index (χ1n) is 15.8. The molecule has 1 atom stereocenters. The van der Waals surface area contributed by atoms with Gasteiger partial charge in [0.1, 0.15) is 24.1 Å². The highest BCUT2D eigenvalue weighted by Crippen LogP contribution is 2.29. The molecule has 0 aliphatic heterocycles. The third-order valence-electron chi connectivity index (χ3n) is 8.27. The fourth-order valence-electron chi connectivity index (χ4n) is 5.73. The number of hydrogen-bond donors (Lipinski definition) is 1. The Balaban J connectivity index is 1.47. The van der Waals surface area contributed by atoms with Crippen molar-refractivity contribution in [2.45, 2.75) is 69.5 Å². The van der Waals surface area contributed by atoms with E-state index >= 15 is 0 Å². The van der Waals surface area contributed by atoms with Crippen LogP contribution in [-0.2, 0) is 26.2 Å². The molecule has 0 unspecified atom stereocenters. The predicted molar refractivity (Wildman–Crippen MR) is 180 cm³/mol. The average Bonchev–Trinajstić information content (AvgIpc) is 3.58. The molecule has 0 aromatic heterocycles. The van der Waals surface area contributed by atoms with Crippen LogP contribution >= 0.6 is 0 Å². The summed E-state index contributed by atoms with van der Waals surface area (Å²) in [6, 6.07) is 31.0. The fourth-order valence-corrected chi connectivity index (χ4v) is 7.17. The van der Waals surface area contributed by atoms with Crippen LogP contribution in [-0.4, -0.2) is 43.8 Å². The Labute approximate surface area is 272 Å². The lowest BCUT2D eigenvalue weighted by Crippen LogP contribution is -2.53. The predicted octanol–water partition coefficient (Wildman–Crippen LogP) is 6.85. The van der Waals surface area contributed by atoms with Crippen LogP contribution in [0, 0.1) is 6.92 Å². The standard InChI is InChI=1S/C37H41N3O5S/c1-3-35(37(42)38-30-12-10-11-13-30)39(26-29-20-18-28(2)19-21-29)36(41)27-40(46(43,44)34-16-8-5-9-17-34)31-22-24-33(25-23-31)45-32-14-6-4-7-15-32/h4-9,14-25,30,35H,3,10-13,26-27H2,1-2H3,(H,38,42)/t35-/m0/s1. The molecule has 1 N–H and O–H groups in total. The molecule has 0 saturated heterocycles. The third kappa shape index (κ3) is 8.14. The number of ether oxygens (including phenoxy) is 1. The van der Waals surface area contributed by atoms with Crippen molar-refractivity contribution in [2.24, 2.45) is 0 Å². The van der Waals surface area contributed by atoms with E-state index < -0.39 is 28.5 Å². The van der Waals surface area contributed by atoms with Gasteiger partial charge in [0.2, 0.25) is 11.8 Å². The quantitative estimate of drug-likeness (QED) is 0.173. The molecular formula is C37H41N3O5S. The van der Waals surface area contributed by atoms with Crippen LogP contribution in [0.3, 0.4) is 0 Å². The maximum atomic E-state index is 14.3. The highest BCUT2D eigenvalue weighted by Gasteiger charge is 2.34. The molecule has 0 radical (unpaired) electrons. The monoisotopic (exact) mass is 639 g/mol. The second-order valence-corrected chi connectivity index (χ2v) is 13.5. The Hall–Kier alpha value is -4.63. The number of amides is 2. The van der Waals surface area contributed by atoms with Crippen LogP contribution in [0.2, 0.25) is 0 Å².